The van der Waals surface area contributed by atoms with E-state index < -0.39 is 16.0 Å². The van der Waals surface area contributed by atoms with Gasteiger partial charge in [-0.1, -0.05) is 12.1 Å². The summed E-state index contributed by atoms with van der Waals surface area (Å²) >= 11 is 0. The molecule has 1 aromatic heterocycles. The van der Waals surface area contributed by atoms with Gasteiger partial charge in [-0.25, -0.2) is 22.9 Å². The average Bonchev–Trinajstić information content (AvgIpc) is 2.53. The van der Waals surface area contributed by atoms with Gasteiger partial charge in [-0.2, -0.15) is 0 Å². The second kappa shape index (κ2) is 6.82. The standard InChI is InChI=1S/C14H17N3O4S/c1-15-8-9-17-22(19,20)12-5-3-4-11-10(12)6-7-16-13(11)14(18)21-2/h3-7,15,17H,8-9H2,1-2H3. The number of pyridine rings is 1. The van der Waals surface area contributed by atoms with Gasteiger partial charge in [-0.05, 0) is 19.2 Å². The van der Waals surface area contributed by atoms with Crippen molar-refractivity contribution < 1.29 is 17.9 Å². The third-order valence-corrected chi connectivity index (χ3v) is 4.62. The first kappa shape index (κ1) is 16.3. The summed E-state index contributed by atoms with van der Waals surface area (Å²) in [7, 11) is -0.689. The van der Waals surface area contributed by atoms with Crippen LogP contribution in [0, 0.1) is 0 Å². The molecule has 0 saturated carbocycles. The van der Waals surface area contributed by atoms with Crippen LogP contribution in [0.5, 0.6) is 0 Å². The zero-order valence-electron chi connectivity index (χ0n) is 12.3. The molecule has 0 atom stereocenters. The van der Waals surface area contributed by atoms with Crippen molar-refractivity contribution in [3.8, 4) is 0 Å². The Labute approximate surface area is 128 Å². The van der Waals surface area contributed by atoms with Crippen molar-refractivity contribution in [1.82, 2.24) is 15.0 Å². The molecule has 0 unspecified atom stereocenters. The smallest absolute Gasteiger partial charge is 0.357 e. The number of methoxy groups -OCH3 is 1. The maximum absolute atomic E-state index is 12.4. The molecule has 0 amide bonds. The molecular formula is C14H17N3O4S. The van der Waals surface area contributed by atoms with Crippen LogP contribution in [0.3, 0.4) is 0 Å². The largest absolute Gasteiger partial charge is 0.464 e. The van der Waals surface area contributed by atoms with Crippen LogP contribution in [-0.4, -0.2) is 46.6 Å². The van der Waals surface area contributed by atoms with Gasteiger partial charge in [0.1, 0.15) is 0 Å². The molecule has 0 aliphatic rings. The van der Waals surface area contributed by atoms with Crippen molar-refractivity contribution in [2.45, 2.75) is 4.90 Å². The Kier molecular flexibility index (Phi) is 5.07. The number of esters is 1. The Morgan fingerprint density at radius 3 is 2.68 bits per heavy atom. The number of hydrogen-bond donors (Lipinski definition) is 2. The molecule has 118 valence electrons. The number of rotatable bonds is 6. The van der Waals surface area contributed by atoms with Crippen LogP contribution in [0.15, 0.2) is 35.4 Å². The van der Waals surface area contributed by atoms with E-state index in [1.807, 2.05) is 0 Å². The van der Waals surface area contributed by atoms with Gasteiger partial charge in [0, 0.05) is 30.1 Å². The highest BCUT2D eigenvalue weighted by atomic mass is 32.2. The minimum absolute atomic E-state index is 0.0901. The number of nitrogens with zero attached hydrogens (tertiary/aromatic N) is 1. The number of ether oxygens (including phenoxy) is 1. The topological polar surface area (TPSA) is 97.4 Å². The Balaban J connectivity index is 2.55. The minimum atomic E-state index is -3.68. The summed E-state index contributed by atoms with van der Waals surface area (Å²) in [6.07, 6.45) is 1.39. The lowest BCUT2D eigenvalue weighted by Crippen LogP contribution is -2.30. The summed E-state index contributed by atoms with van der Waals surface area (Å²) in [5.74, 6) is -0.608. The van der Waals surface area contributed by atoms with E-state index in [0.29, 0.717) is 17.3 Å². The molecule has 0 radical (unpaired) electrons. The lowest BCUT2D eigenvalue weighted by Gasteiger charge is -2.10. The molecule has 8 heteroatoms. The molecule has 22 heavy (non-hydrogen) atoms. The van der Waals surface area contributed by atoms with Crippen molar-refractivity contribution in [1.29, 1.82) is 0 Å². The van der Waals surface area contributed by atoms with Gasteiger partial charge in [-0.15, -0.1) is 0 Å². The summed E-state index contributed by atoms with van der Waals surface area (Å²) in [5.41, 5.74) is 0.0901. The van der Waals surface area contributed by atoms with E-state index in [1.54, 1.807) is 25.2 Å². The normalized spacial score (nSPS) is 11.5. The molecular weight excluding hydrogens is 306 g/mol. The van der Waals surface area contributed by atoms with Crippen LogP contribution in [-0.2, 0) is 14.8 Å². The van der Waals surface area contributed by atoms with Crippen molar-refractivity contribution in [2.24, 2.45) is 0 Å². The Hall–Kier alpha value is -2.03. The van der Waals surface area contributed by atoms with Gasteiger partial charge in [0.15, 0.2) is 5.69 Å². The van der Waals surface area contributed by atoms with E-state index in [1.165, 1.54) is 19.4 Å². The van der Waals surface area contributed by atoms with Crippen LogP contribution in [0.1, 0.15) is 10.5 Å². The van der Waals surface area contributed by atoms with Gasteiger partial charge in [0.05, 0.1) is 12.0 Å². The lowest BCUT2D eigenvalue weighted by molar-refractivity contribution is 0.0596. The molecule has 0 bridgehead atoms. The molecule has 1 heterocycles. The molecule has 7 nitrogen and oxygen atoms in total. The van der Waals surface area contributed by atoms with E-state index in [4.69, 9.17) is 0 Å². The number of hydrogen-bond acceptors (Lipinski definition) is 6. The van der Waals surface area contributed by atoms with Gasteiger partial charge in [-0.3, -0.25) is 0 Å². The molecule has 0 aliphatic carbocycles. The second-order valence-electron chi connectivity index (χ2n) is 4.50. The molecule has 1 aromatic carbocycles. The predicted octanol–water partition coefficient (Wildman–Crippen LogP) is 0.519. The molecule has 2 aromatic rings. The van der Waals surface area contributed by atoms with Crippen LogP contribution in [0.25, 0.3) is 10.8 Å². The molecule has 2 N–H and O–H groups in total. The Bertz CT molecular complexity index is 790. The van der Waals surface area contributed by atoms with Gasteiger partial charge in [0.25, 0.3) is 0 Å². The lowest BCUT2D eigenvalue weighted by atomic mass is 10.1. The van der Waals surface area contributed by atoms with Crippen molar-refractivity contribution in [3.05, 3.63) is 36.2 Å². The first-order valence-electron chi connectivity index (χ1n) is 6.61. The van der Waals surface area contributed by atoms with Crippen molar-refractivity contribution >= 4 is 26.8 Å². The second-order valence-corrected chi connectivity index (χ2v) is 6.24. The van der Waals surface area contributed by atoms with E-state index in [-0.39, 0.29) is 17.1 Å². The fraction of sp³-hybridized carbons (Fsp3) is 0.286. The third-order valence-electron chi connectivity index (χ3n) is 3.10. The molecule has 0 aliphatic heterocycles. The number of sulfonamides is 1. The zero-order chi connectivity index (χ0) is 16.2. The highest BCUT2D eigenvalue weighted by molar-refractivity contribution is 7.89. The van der Waals surface area contributed by atoms with E-state index in [2.05, 4.69) is 19.8 Å². The zero-order valence-corrected chi connectivity index (χ0v) is 13.1. The number of carbonyl (C=O) groups excluding carboxylic acids is 1. The highest BCUT2D eigenvalue weighted by Crippen LogP contribution is 2.24. The fourth-order valence-electron chi connectivity index (χ4n) is 2.06. The quantitative estimate of drug-likeness (QED) is 0.594. The number of nitrogens with one attached hydrogen (secondary N) is 2. The maximum Gasteiger partial charge on any atom is 0.357 e. The number of carbonyl (C=O) groups is 1. The summed E-state index contributed by atoms with van der Waals surface area (Å²) in [4.78, 5) is 15.8. The number of likely N-dealkylation sites (N-methyl/N-ethyl adjacent to an activating group) is 1. The summed E-state index contributed by atoms with van der Waals surface area (Å²) < 4.78 is 32.0. The van der Waals surface area contributed by atoms with Crippen LogP contribution in [0.2, 0.25) is 0 Å². The van der Waals surface area contributed by atoms with Crippen LogP contribution >= 0.6 is 0 Å². The third kappa shape index (κ3) is 3.24. The number of fused-ring (bicyclic) bond motifs is 1. The Morgan fingerprint density at radius 1 is 1.23 bits per heavy atom. The minimum Gasteiger partial charge on any atom is -0.464 e. The number of benzene rings is 1. The van der Waals surface area contributed by atoms with Crippen molar-refractivity contribution in [2.75, 3.05) is 27.2 Å². The van der Waals surface area contributed by atoms with E-state index in [9.17, 15) is 13.2 Å². The SMILES string of the molecule is CNCCNS(=O)(=O)c1cccc2c(C(=O)OC)nccc12. The van der Waals surface area contributed by atoms with Gasteiger partial charge in [0.2, 0.25) is 10.0 Å². The van der Waals surface area contributed by atoms with Gasteiger partial charge < -0.3 is 10.1 Å². The molecule has 0 spiro atoms. The fourth-order valence-corrected chi connectivity index (χ4v) is 3.31. The summed E-state index contributed by atoms with van der Waals surface area (Å²) in [6, 6.07) is 6.27. The number of aromatic nitrogens is 1. The van der Waals surface area contributed by atoms with E-state index in [0.717, 1.165) is 0 Å². The Morgan fingerprint density at radius 2 is 2.00 bits per heavy atom. The summed E-state index contributed by atoms with van der Waals surface area (Å²) in [5, 5.41) is 3.72. The summed E-state index contributed by atoms with van der Waals surface area (Å²) in [6.45, 7) is 0.781. The highest BCUT2D eigenvalue weighted by Gasteiger charge is 2.20. The monoisotopic (exact) mass is 323 g/mol. The van der Waals surface area contributed by atoms with Crippen LogP contribution < -0.4 is 10.0 Å². The molecule has 0 saturated heterocycles. The predicted molar refractivity (Wildman–Crippen MR) is 82.2 cm³/mol. The average molecular weight is 323 g/mol. The molecule has 2 rings (SSSR count). The van der Waals surface area contributed by atoms with E-state index >= 15 is 0 Å². The van der Waals surface area contributed by atoms with Gasteiger partial charge >= 0.3 is 5.97 Å². The molecule has 0 fully saturated rings. The maximum atomic E-state index is 12.4. The first-order chi connectivity index (χ1) is 10.5. The first-order valence-corrected chi connectivity index (χ1v) is 8.10. The van der Waals surface area contributed by atoms with Crippen molar-refractivity contribution in [3.63, 3.8) is 0 Å². The van der Waals surface area contributed by atoms with Crippen LogP contribution in [0.4, 0.5) is 0 Å².